The normalized spacial score (nSPS) is 10.9. The van der Waals surface area contributed by atoms with Crippen molar-refractivity contribution in [1.29, 1.82) is 0 Å². The third-order valence-corrected chi connectivity index (χ3v) is 4.50. The molecule has 3 aromatic carbocycles. The van der Waals surface area contributed by atoms with Gasteiger partial charge in [-0.15, -0.1) is 0 Å². The number of thiocarbonyl (C=S) groups is 1. The van der Waals surface area contributed by atoms with E-state index in [9.17, 15) is 0 Å². The van der Waals surface area contributed by atoms with E-state index < -0.39 is 0 Å². The zero-order valence-electron chi connectivity index (χ0n) is 15.1. The summed E-state index contributed by atoms with van der Waals surface area (Å²) < 4.78 is 11.7. The predicted molar refractivity (Wildman–Crippen MR) is 111 cm³/mol. The minimum atomic E-state index is 0.335. The van der Waals surface area contributed by atoms with E-state index in [0.29, 0.717) is 29.9 Å². The highest BCUT2D eigenvalue weighted by molar-refractivity contribution is 7.80. The number of ether oxygens (including phenoxy) is 2. The monoisotopic (exact) mass is 365 g/mol. The van der Waals surface area contributed by atoms with Gasteiger partial charge in [-0.3, -0.25) is 0 Å². The van der Waals surface area contributed by atoms with E-state index >= 15 is 0 Å². The first-order valence-corrected chi connectivity index (χ1v) is 9.14. The zero-order chi connectivity index (χ0) is 18.5. The first-order chi connectivity index (χ1) is 12.6. The van der Waals surface area contributed by atoms with Gasteiger partial charge in [0, 0.05) is 0 Å². The molecule has 3 aromatic rings. The van der Waals surface area contributed by atoms with Gasteiger partial charge in [-0.2, -0.15) is 0 Å². The van der Waals surface area contributed by atoms with E-state index in [0.717, 1.165) is 22.1 Å². The topological polar surface area (TPSA) is 44.5 Å². The maximum absolute atomic E-state index is 5.93. The molecule has 0 atom stereocenters. The van der Waals surface area contributed by atoms with E-state index in [1.165, 1.54) is 5.56 Å². The minimum Gasteiger partial charge on any atom is -0.490 e. The summed E-state index contributed by atoms with van der Waals surface area (Å²) in [5.74, 6) is 2.04. The summed E-state index contributed by atoms with van der Waals surface area (Å²) in [5, 5.41) is 2.09. The summed E-state index contributed by atoms with van der Waals surface area (Å²) >= 11 is 5.23. The van der Waals surface area contributed by atoms with Gasteiger partial charge in [0.05, 0.1) is 5.56 Å². The number of benzene rings is 3. The molecule has 0 aliphatic carbocycles. The molecule has 0 saturated heterocycles. The van der Waals surface area contributed by atoms with Crippen LogP contribution < -0.4 is 15.2 Å². The fourth-order valence-electron chi connectivity index (χ4n) is 2.89. The van der Waals surface area contributed by atoms with Crippen molar-refractivity contribution >= 4 is 28.0 Å². The summed E-state index contributed by atoms with van der Waals surface area (Å²) in [6.45, 7) is 5.21. The fraction of sp³-hybridized carbons (Fsp3) is 0.227. The summed E-state index contributed by atoms with van der Waals surface area (Å²) in [6, 6.07) is 20.1. The van der Waals surface area contributed by atoms with Crippen LogP contribution in [0.5, 0.6) is 11.5 Å². The molecule has 0 aromatic heterocycles. The second kappa shape index (κ2) is 8.19. The second-order valence-electron chi connectivity index (χ2n) is 6.44. The Bertz CT molecular complexity index is 904. The van der Waals surface area contributed by atoms with E-state index in [2.05, 4.69) is 26.0 Å². The highest BCUT2D eigenvalue weighted by Gasteiger charge is 2.11. The maximum atomic E-state index is 5.93. The van der Waals surface area contributed by atoms with Gasteiger partial charge in [0.1, 0.15) is 29.7 Å². The maximum Gasteiger partial charge on any atom is 0.130 e. The van der Waals surface area contributed by atoms with E-state index in [1.807, 2.05) is 48.5 Å². The Morgan fingerprint density at radius 3 is 2.31 bits per heavy atom. The first-order valence-electron chi connectivity index (χ1n) is 8.73. The quantitative estimate of drug-likeness (QED) is 0.470. The molecule has 0 bridgehead atoms. The molecule has 134 valence electrons. The molecule has 26 heavy (non-hydrogen) atoms. The average molecular weight is 365 g/mol. The molecular weight excluding hydrogens is 342 g/mol. The van der Waals surface area contributed by atoms with E-state index in [1.54, 1.807) is 0 Å². The molecule has 0 spiro atoms. The summed E-state index contributed by atoms with van der Waals surface area (Å²) in [6.07, 6.45) is 0. The minimum absolute atomic E-state index is 0.335. The molecule has 0 saturated carbocycles. The molecule has 0 amide bonds. The Morgan fingerprint density at radius 2 is 1.62 bits per heavy atom. The van der Waals surface area contributed by atoms with Crippen molar-refractivity contribution in [3.8, 4) is 11.5 Å². The van der Waals surface area contributed by atoms with Crippen LogP contribution in [0.1, 0.15) is 30.9 Å². The highest BCUT2D eigenvalue weighted by atomic mass is 32.1. The molecular formula is C22H23NO2S. The first kappa shape index (κ1) is 18.2. The molecule has 0 unspecified atom stereocenters. The summed E-state index contributed by atoms with van der Waals surface area (Å²) in [5.41, 5.74) is 8.01. The molecule has 3 nitrogen and oxygen atoms in total. The molecule has 0 heterocycles. The van der Waals surface area contributed by atoms with Crippen molar-refractivity contribution in [3.63, 3.8) is 0 Å². The molecule has 0 aliphatic rings. The zero-order valence-corrected chi connectivity index (χ0v) is 15.9. The molecule has 4 heteroatoms. The van der Waals surface area contributed by atoms with Gasteiger partial charge in [0.2, 0.25) is 0 Å². The lowest BCUT2D eigenvalue weighted by Gasteiger charge is -2.14. The number of nitrogens with two attached hydrogens (primary N) is 1. The Labute approximate surface area is 159 Å². The molecule has 0 aliphatic heterocycles. The van der Waals surface area contributed by atoms with Crippen LogP contribution in [0.4, 0.5) is 0 Å². The lowest BCUT2D eigenvalue weighted by atomic mass is 10.0. The van der Waals surface area contributed by atoms with Crippen LogP contribution in [0, 0.1) is 0 Å². The number of hydrogen-bond donors (Lipinski definition) is 1. The van der Waals surface area contributed by atoms with Crippen molar-refractivity contribution < 1.29 is 9.47 Å². The van der Waals surface area contributed by atoms with Crippen molar-refractivity contribution in [2.75, 3.05) is 13.2 Å². The Morgan fingerprint density at radius 1 is 0.923 bits per heavy atom. The molecule has 0 radical (unpaired) electrons. The van der Waals surface area contributed by atoms with Gasteiger partial charge in [-0.05, 0) is 40.5 Å². The molecule has 2 N–H and O–H groups in total. The Kier molecular flexibility index (Phi) is 5.74. The van der Waals surface area contributed by atoms with E-state index in [4.69, 9.17) is 27.4 Å². The van der Waals surface area contributed by atoms with Gasteiger partial charge < -0.3 is 15.2 Å². The van der Waals surface area contributed by atoms with Crippen molar-refractivity contribution in [1.82, 2.24) is 0 Å². The number of fused-ring (bicyclic) bond motifs is 1. The smallest absolute Gasteiger partial charge is 0.130 e. The van der Waals surface area contributed by atoms with Crippen LogP contribution in [0.3, 0.4) is 0 Å². The third kappa shape index (κ3) is 4.14. The SMILES string of the molecule is CC(C)c1ccc(OCCOc2ccc3ccccc3c2C(N)=S)cc1. The van der Waals surface area contributed by atoms with Gasteiger partial charge in [0.15, 0.2) is 0 Å². The lowest BCUT2D eigenvalue weighted by molar-refractivity contribution is 0.217. The van der Waals surface area contributed by atoms with Gasteiger partial charge in [-0.25, -0.2) is 0 Å². The predicted octanol–water partition coefficient (Wildman–Crippen LogP) is 5.06. The Balaban J connectivity index is 1.64. The van der Waals surface area contributed by atoms with Crippen LogP contribution in [0.25, 0.3) is 10.8 Å². The Hall–Kier alpha value is -2.59. The third-order valence-electron chi connectivity index (χ3n) is 4.29. The van der Waals surface area contributed by atoms with Crippen LogP contribution in [0.15, 0.2) is 60.7 Å². The van der Waals surface area contributed by atoms with Crippen molar-refractivity contribution in [3.05, 3.63) is 71.8 Å². The van der Waals surface area contributed by atoms with Crippen molar-refractivity contribution in [2.24, 2.45) is 5.73 Å². The average Bonchev–Trinajstić information content (AvgIpc) is 2.65. The van der Waals surface area contributed by atoms with E-state index in [-0.39, 0.29) is 0 Å². The summed E-state index contributed by atoms with van der Waals surface area (Å²) in [4.78, 5) is 0.335. The standard InChI is InChI=1S/C22H23NO2S/c1-15(2)16-7-10-18(11-8-16)24-13-14-25-20-12-9-17-5-3-4-6-19(17)21(20)22(23)26/h3-12,15H,13-14H2,1-2H3,(H2,23,26). The van der Waals surface area contributed by atoms with Crippen LogP contribution >= 0.6 is 12.2 Å². The number of rotatable bonds is 7. The van der Waals surface area contributed by atoms with Gasteiger partial charge >= 0.3 is 0 Å². The fourth-order valence-corrected chi connectivity index (χ4v) is 3.10. The highest BCUT2D eigenvalue weighted by Crippen LogP contribution is 2.28. The van der Waals surface area contributed by atoms with Crippen LogP contribution in [-0.4, -0.2) is 18.2 Å². The van der Waals surface area contributed by atoms with Crippen LogP contribution in [-0.2, 0) is 0 Å². The molecule has 3 rings (SSSR count). The summed E-state index contributed by atoms with van der Waals surface area (Å²) in [7, 11) is 0. The van der Waals surface area contributed by atoms with Gasteiger partial charge in [0.25, 0.3) is 0 Å². The molecule has 0 fully saturated rings. The second-order valence-corrected chi connectivity index (χ2v) is 6.88. The lowest BCUT2D eigenvalue weighted by Crippen LogP contribution is -2.15. The van der Waals surface area contributed by atoms with Crippen molar-refractivity contribution in [2.45, 2.75) is 19.8 Å². The van der Waals surface area contributed by atoms with Gasteiger partial charge in [-0.1, -0.05) is 68.5 Å². The largest absolute Gasteiger partial charge is 0.490 e. The number of hydrogen-bond acceptors (Lipinski definition) is 3. The van der Waals surface area contributed by atoms with Crippen LogP contribution in [0.2, 0.25) is 0 Å².